The van der Waals surface area contributed by atoms with E-state index in [1.165, 1.54) is 7.05 Å². The van der Waals surface area contributed by atoms with Gasteiger partial charge in [-0.3, -0.25) is 9.59 Å². The quantitative estimate of drug-likeness (QED) is 0.848. The summed E-state index contributed by atoms with van der Waals surface area (Å²) in [4.78, 5) is 35.3. The smallest absolute Gasteiger partial charge is 0.341 e. The predicted molar refractivity (Wildman–Crippen MR) is 91.2 cm³/mol. The lowest BCUT2D eigenvalue weighted by atomic mass is 10.1. The van der Waals surface area contributed by atoms with Gasteiger partial charge in [-0.05, 0) is 50.1 Å². The van der Waals surface area contributed by atoms with Crippen molar-refractivity contribution < 1.29 is 19.4 Å². The molecule has 0 radical (unpaired) electrons. The van der Waals surface area contributed by atoms with Gasteiger partial charge in [0.05, 0.1) is 5.69 Å². The Morgan fingerprint density at radius 1 is 1.28 bits per heavy atom. The van der Waals surface area contributed by atoms with Crippen molar-refractivity contribution >= 4 is 17.6 Å². The second-order valence-electron chi connectivity index (χ2n) is 5.63. The van der Waals surface area contributed by atoms with Crippen LogP contribution < -0.4 is 15.6 Å². The van der Waals surface area contributed by atoms with E-state index in [1.54, 1.807) is 39.0 Å². The van der Waals surface area contributed by atoms with E-state index in [1.807, 2.05) is 0 Å². The molecule has 0 atom stereocenters. The van der Waals surface area contributed by atoms with Crippen molar-refractivity contribution in [3.05, 3.63) is 50.9 Å². The van der Waals surface area contributed by atoms with Crippen molar-refractivity contribution in [2.45, 2.75) is 20.8 Å². The summed E-state index contributed by atoms with van der Waals surface area (Å²) in [5.41, 5.74) is 1.88. The molecule has 0 aliphatic heterocycles. The minimum Gasteiger partial charge on any atom is -0.482 e. The van der Waals surface area contributed by atoms with Crippen molar-refractivity contribution in [1.29, 1.82) is 0 Å². The number of amides is 1. The maximum Gasteiger partial charge on any atom is 0.341 e. The summed E-state index contributed by atoms with van der Waals surface area (Å²) in [6, 6.07) is 4.76. The van der Waals surface area contributed by atoms with E-state index in [-0.39, 0.29) is 5.56 Å². The highest BCUT2D eigenvalue weighted by molar-refractivity contribution is 6.05. The maximum atomic E-state index is 12.6. The van der Waals surface area contributed by atoms with Crippen LogP contribution in [0.25, 0.3) is 0 Å². The molecule has 0 saturated carbocycles. The molecule has 25 heavy (non-hydrogen) atoms. The summed E-state index contributed by atoms with van der Waals surface area (Å²) in [5, 5.41) is 15.4. The van der Waals surface area contributed by atoms with Gasteiger partial charge in [-0.1, -0.05) is 0 Å². The number of aryl methyl sites for hydroxylation is 3. The third kappa shape index (κ3) is 4.03. The summed E-state index contributed by atoms with van der Waals surface area (Å²) in [6.45, 7) is 4.70. The number of aromatic nitrogens is 2. The van der Waals surface area contributed by atoms with Crippen LogP contribution in [0, 0.1) is 20.8 Å². The van der Waals surface area contributed by atoms with Crippen LogP contribution in [0.3, 0.4) is 0 Å². The SMILES string of the molecule is Cc1cc(OCC(=O)O)ccc1NC(=O)c1c(C)c(C)nn(C)c1=O. The number of hydrogen-bond acceptors (Lipinski definition) is 5. The van der Waals surface area contributed by atoms with Crippen LogP contribution in [0.2, 0.25) is 0 Å². The first-order chi connectivity index (χ1) is 11.7. The summed E-state index contributed by atoms with van der Waals surface area (Å²) in [6.07, 6.45) is 0. The molecule has 1 heterocycles. The number of benzene rings is 1. The number of nitrogens with zero attached hydrogens (tertiary/aromatic N) is 2. The monoisotopic (exact) mass is 345 g/mol. The molecule has 132 valence electrons. The Hall–Kier alpha value is -3.16. The topological polar surface area (TPSA) is 111 Å². The van der Waals surface area contributed by atoms with Gasteiger partial charge in [0.2, 0.25) is 0 Å². The van der Waals surface area contributed by atoms with Crippen molar-refractivity contribution in [3.63, 3.8) is 0 Å². The summed E-state index contributed by atoms with van der Waals surface area (Å²) in [7, 11) is 1.49. The third-order valence-electron chi connectivity index (χ3n) is 3.76. The van der Waals surface area contributed by atoms with E-state index in [0.29, 0.717) is 28.3 Å². The molecule has 0 fully saturated rings. The average molecular weight is 345 g/mol. The number of nitrogens with one attached hydrogen (secondary N) is 1. The van der Waals surface area contributed by atoms with Gasteiger partial charge in [-0.15, -0.1) is 0 Å². The Kier molecular flexibility index (Phi) is 5.21. The molecular weight excluding hydrogens is 326 g/mol. The number of hydrogen-bond donors (Lipinski definition) is 2. The Bertz CT molecular complexity index is 902. The highest BCUT2D eigenvalue weighted by atomic mass is 16.5. The number of carboxylic acids is 1. The Morgan fingerprint density at radius 3 is 2.56 bits per heavy atom. The molecule has 2 rings (SSSR count). The predicted octanol–water partition coefficient (Wildman–Crippen LogP) is 1.42. The molecule has 8 heteroatoms. The van der Waals surface area contributed by atoms with Crippen molar-refractivity contribution in [2.75, 3.05) is 11.9 Å². The summed E-state index contributed by atoms with van der Waals surface area (Å²) >= 11 is 0. The second kappa shape index (κ2) is 7.16. The van der Waals surface area contributed by atoms with Gasteiger partial charge in [0.25, 0.3) is 11.5 Å². The molecule has 2 N–H and O–H groups in total. The zero-order chi connectivity index (χ0) is 18.7. The average Bonchev–Trinajstić information content (AvgIpc) is 2.53. The molecule has 8 nitrogen and oxygen atoms in total. The largest absolute Gasteiger partial charge is 0.482 e. The van der Waals surface area contributed by atoms with Gasteiger partial charge in [-0.2, -0.15) is 5.10 Å². The van der Waals surface area contributed by atoms with Crippen LogP contribution in [0.5, 0.6) is 5.75 Å². The van der Waals surface area contributed by atoms with Crippen LogP contribution in [0.1, 0.15) is 27.2 Å². The highest BCUT2D eigenvalue weighted by Gasteiger charge is 2.18. The highest BCUT2D eigenvalue weighted by Crippen LogP contribution is 2.22. The first-order valence-electron chi connectivity index (χ1n) is 7.51. The Labute approximate surface area is 144 Å². The maximum absolute atomic E-state index is 12.6. The van der Waals surface area contributed by atoms with Gasteiger partial charge >= 0.3 is 5.97 Å². The number of carbonyl (C=O) groups excluding carboxylic acids is 1. The molecule has 0 aliphatic carbocycles. The van der Waals surface area contributed by atoms with Crippen molar-refractivity contribution in [3.8, 4) is 5.75 Å². The van der Waals surface area contributed by atoms with Crippen LogP contribution in [-0.4, -0.2) is 33.4 Å². The lowest BCUT2D eigenvalue weighted by molar-refractivity contribution is -0.139. The van der Waals surface area contributed by atoms with Gasteiger partial charge in [0.1, 0.15) is 11.3 Å². The number of aliphatic carboxylic acids is 1. The summed E-state index contributed by atoms with van der Waals surface area (Å²) in [5.74, 6) is -1.22. The fourth-order valence-electron chi connectivity index (χ4n) is 2.31. The molecule has 0 spiro atoms. The second-order valence-corrected chi connectivity index (χ2v) is 5.63. The van der Waals surface area contributed by atoms with E-state index in [0.717, 1.165) is 4.68 Å². The minimum absolute atomic E-state index is 0.0422. The molecule has 0 unspecified atom stereocenters. The number of rotatable bonds is 5. The van der Waals surface area contributed by atoms with E-state index in [9.17, 15) is 14.4 Å². The molecule has 2 aromatic rings. The number of carboxylic acid groups (broad SMARTS) is 1. The van der Waals surface area contributed by atoms with Crippen LogP contribution >= 0.6 is 0 Å². The van der Waals surface area contributed by atoms with Gasteiger partial charge in [-0.25, -0.2) is 9.48 Å². The first kappa shape index (κ1) is 18.2. The third-order valence-corrected chi connectivity index (χ3v) is 3.76. The van der Waals surface area contributed by atoms with Crippen LogP contribution in [0.4, 0.5) is 5.69 Å². The number of anilines is 1. The fraction of sp³-hybridized carbons (Fsp3) is 0.294. The van der Waals surface area contributed by atoms with E-state index >= 15 is 0 Å². The first-order valence-corrected chi connectivity index (χ1v) is 7.51. The fourth-order valence-corrected chi connectivity index (χ4v) is 2.31. The lowest BCUT2D eigenvalue weighted by Crippen LogP contribution is -2.31. The van der Waals surface area contributed by atoms with Gasteiger partial charge in [0.15, 0.2) is 6.61 Å². The van der Waals surface area contributed by atoms with E-state index < -0.39 is 24.0 Å². The normalized spacial score (nSPS) is 10.4. The molecule has 1 aromatic heterocycles. The molecule has 0 aliphatic rings. The molecular formula is C17H19N3O5. The van der Waals surface area contributed by atoms with Crippen molar-refractivity contribution in [1.82, 2.24) is 9.78 Å². The standard InChI is InChI=1S/C17H19N3O5/c1-9-7-12(25-8-14(21)22)5-6-13(9)18-16(23)15-10(2)11(3)19-20(4)17(15)24/h5-7H,8H2,1-4H3,(H,18,23)(H,21,22). The zero-order valence-corrected chi connectivity index (χ0v) is 14.4. The molecule has 1 amide bonds. The number of ether oxygens (including phenoxy) is 1. The van der Waals surface area contributed by atoms with Gasteiger partial charge in [0, 0.05) is 12.7 Å². The van der Waals surface area contributed by atoms with Crippen LogP contribution in [0.15, 0.2) is 23.0 Å². The molecule has 0 saturated heterocycles. The Balaban J connectivity index is 2.27. The van der Waals surface area contributed by atoms with Crippen molar-refractivity contribution in [2.24, 2.45) is 7.05 Å². The summed E-state index contributed by atoms with van der Waals surface area (Å²) < 4.78 is 6.22. The minimum atomic E-state index is -1.07. The lowest BCUT2D eigenvalue weighted by Gasteiger charge is -2.13. The molecule has 0 bridgehead atoms. The number of carbonyl (C=O) groups is 2. The van der Waals surface area contributed by atoms with Crippen LogP contribution in [-0.2, 0) is 11.8 Å². The molecule has 1 aromatic carbocycles. The van der Waals surface area contributed by atoms with E-state index in [2.05, 4.69) is 10.4 Å². The Morgan fingerprint density at radius 2 is 1.96 bits per heavy atom. The van der Waals surface area contributed by atoms with E-state index in [4.69, 9.17) is 9.84 Å². The van der Waals surface area contributed by atoms with Gasteiger partial charge < -0.3 is 15.2 Å². The zero-order valence-electron chi connectivity index (χ0n) is 14.4.